The molecule has 83 valence electrons. The summed E-state index contributed by atoms with van der Waals surface area (Å²) in [6, 6.07) is 7.90. The fourth-order valence-electron chi connectivity index (χ4n) is 2.11. The van der Waals surface area contributed by atoms with Crippen LogP contribution < -0.4 is 0 Å². The highest BCUT2D eigenvalue weighted by molar-refractivity contribution is 7.99. The monoisotopic (exact) mass is 232 g/mol. The van der Waals surface area contributed by atoms with E-state index in [1.807, 2.05) is 24.3 Å². The Labute approximate surface area is 99.4 Å². The van der Waals surface area contributed by atoms with Gasteiger partial charge in [0, 0.05) is 5.75 Å². The standard InChI is InChI=1S/C13H14NOS/c1-9-6-10(7-9)8-16-13-14-11-4-2-3-5-12(11)15-13/h2-5,9-10H,1,6-8H2. The van der Waals surface area contributed by atoms with Gasteiger partial charge in [0.2, 0.25) is 0 Å². The average Bonchev–Trinajstić information content (AvgIpc) is 2.65. The van der Waals surface area contributed by atoms with Crippen molar-refractivity contribution in [1.82, 2.24) is 4.98 Å². The third-order valence-electron chi connectivity index (χ3n) is 3.05. The first-order chi connectivity index (χ1) is 7.81. The van der Waals surface area contributed by atoms with Crippen molar-refractivity contribution >= 4 is 22.9 Å². The van der Waals surface area contributed by atoms with Gasteiger partial charge in [-0.25, -0.2) is 4.98 Å². The third kappa shape index (κ3) is 1.96. The lowest BCUT2D eigenvalue weighted by Gasteiger charge is -2.31. The SMILES string of the molecule is [CH2]C1CC(CSc2nc3ccccc3o2)C1. The van der Waals surface area contributed by atoms with Gasteiger partial charge in [-0.05, 0) is 36.8 Å². The minimum Gasteiger partial charge on any atom is -0.431 e. The van der Waals surface area contributed by atoms with Gasteiger partial charge in [-0.15, -0.1) is 0 Å². The lowest BCUT2D eigenvalue weighted by atomic mass is 9.77. The molecule has 3 heteroatoms. The van der Waals surface area contributed by atoms with E-state index in [4.69, 9.17) is 4.42 Å². The van der Waals surface area contributed by atoms with Gasteiger partial charge in [0.05, 0.1) is 0 Å². The van der Waals surface area contributed by atoms with Crippen molar-refractivity contribution in [2.45, 2.75) is 18.1 Å². The largest absolute Gasteiger partial charge is 0.431 e. The molecule has 0 saturated heterocycles. The molecule has 0 aliphatic heterocycles. The van der Waals surface area contributed by atoms with Crippen LogP contribution in [0.15, 0.2) is 33.9 Å². The van der Waals surface area contributed by atoms with E-state index in [0.29, 0.717) is 5.92 Å². The van der Waals surface area contributed by atoms with Crippen molar-refractivity contribution in [3.8, 4) is 0 Å². The summed E-state index contributed by atoms with van der Waals surface area (Å²) >= 11 is 1.73. The maximum atomic E-state index is 5.65. The lowest BCUT2D eigenvalue weighted by molar-refractivity contribution is 0.265. The van der Waals surface area contributed by atoms with Crippen molar-refractivity contribution in [1.29, 1.82) is 0 Å². The molecule has 0 bridgehead atoms. The Morgan fingerprint density at radius 1 is 1.38 bits per heavy atom. The summed E-state index contributed by atoms with van der Waals surface area (Å²) in [4.78, 5) is 4.44. The van der Waals surface area contributed by atoms with E-state index in [-0.39, 0.29) is 0 Å². The zero-order chi connectivity index (χ0) is 11.0. The molecule has 2 nitrogen and oxygen atoms in total. The number of benzene rings is 1. The van der Waals surface area contributed by atoms with Gasteiger partial charge in [-0.2, -0.15) is 0 Å². The lowest BCUT2D eigenvalue weighted by Crippen LogP contribution is -2.22. The van der Waals surface area contributed by atoms with Gasteiger partial charge in [-0.3, -0.25) is 0 Å². The molecule has 1 aromatic heterocycles. The zero-order valence-electron chi connectivity index (χ0n) is 9.06. The Balaban J connectivity index is 1.65. The van der Waals surface area contributed by atoms with Crippen molar-refractivity contribution in [2.75, 3.05) is 5.75 Å². The molecule has 2 aromatic rings. The van der Waals surface area contributed by atoms with E-state index in [2.05, 4.69) is 11.9 Å². The zero-order valence-corrected chi connectivity index (χ0v) is 9.87. The van der Waals surface area contributed by atoms with Gasteiger partial charge in [0.1, 0.15) is 5.52 Å². The molecule has 16 heavy (non-hydrogen) atoms. The number of aromatic nitrogens is 1. The minimum atomic E-state index is 0.675. The van der Waals surface area contributed by atoms with Crippen LogP contribution in [0.5, 0.6) is 0 Å². The van der Waals surface area contributed by atoms with Crippen molar-refractivity contribution < 1.29 is 4.42 Å². The van der Waals surface area contributed by atoms with Crippen LogP contribution in [-0.2, 0) is 0 Å². The number of nitrogens with zero attached hydrogens (tertiary/aromatic N) is 1. The summed E-state index contributed by atoms with van der Waals surface area (Å²) in [5, 5.41) is 0.800. The molecule has 0 unspecified atom stereocenters. The Morgan fingerprint density at radius 3 is 2.94 bits per heavy atom. The molecule has 3 rings (SSSR count). The van der Waals surface area contributed by atoms with Crippen molar-refractivity contribution in [3.63, 3.8) is 0 Å². The third-order valence-corrected chi connectivity index (χ3v) is 4.11. The summed E-state index contributed by atoms with van der Waals surface area (Å²) in [5.41, 5.74) is 1.84. The van der Waals surface area contributed by atoms with Crippen LogP contribution in [0.4, 0.5) is 0 Å². The molecule has 0 N–H and O–H groups in total. The number of oxazole rings is 1. The number of rotatable bonds is 3. The number of fused-ring (bicyclic) bond motifs is 1. The van der Waals surface area contributed by atoms with Crippen LogP contribution in [0.3, 0.4) is 0 Å². The average molecular weight is 232 g/mol. The number of hydrogen-bond donors (Lipinski definition) is 0. The maximum absolute atomic E-state index is 5.65. The van der Waals surface area contributed by atoms with E-state index in [1.54, 1.807) is 11.8 Å². The molecule has 1 aromatic carbocycles. The summed E-state index contributed by atoms with van der Waals surface area (Å²) in [7, 11) is 0. The summed E-state index contributed by atoms with van der Waals surface area (Å²) in [6.45, 7) is 4.04. The Bertz CT molecular complexity index is 454. The first kappa shape index (κ1) is 10.2. The molecule has 1 aliphatic rings. The van der Waals surface area contributed by atoms with Gasteiger partial charge in [-0.1, -0.05) is 30.8 Å². The minimum absolute atomic E-state index is 0.675. The van der Waals surface area contributed by atoms with Crippen LogP contribution in [0, 0.1) is 18.8 Å². The topological polar surface area (TPSA) is 26.0 Å². The summed E-state index contributed by atoms with van der Waals surface area (Å²) < 4.78 is 5.65. The smallest absolute Gasteiger partial charge is 0.256 e. The highest BCUT2D eigenvalue weighted by atomic mass is 32.2. The van der Waals surface area contributed by atoms with E-state index in [0.717, 1.165) is 28.0 Å². The molecule has 1 saturated carbocycles. The van der Waals surface area contributed by atoms with E-state index in [1.165, 1.54) is 12.8 Å². The normalized spacial score (nSPS) is 24.6. The quantitative estimate of drug-likeness (QED) is 0.753. The molecule has 1 radical (unpaired) electrons. The number of hydrogen-bond acceptors (Lipinski definition) is 3. The second-order valence-corrected chi connectivity index (χ2v) is 5.43. The van der Waals surface area contributed by atoms with Gasteiger partial charge < -0.3 is 4.42 Å². The first-order valence-electron chi connectivity index (χ1n) is 5.63. The van der Waals surface area contributed by atoms with Crippen LogP contribution in [0.2, 0.25) is 0 Å². The van der Waals surface area contributed by atoms with Crippen molar-refractivity contribution in [2.24, 2.45) is 11.8 Å². The second kappa shape index (κ2) is 4.13. The van der Waals surface area contributed by atoms with Crippen molar-refractivity contribution in [3.05, 3.63) is 31.2 Å². The molecular weight excluding hydrogens is 218 g/mol. The number of thioether (sulfide) groups is 1. The summed E-state index contributed by atoms with van der Waals surface area (Å²) in [5.74, 6) is 2.59. The molecule has 0 amide bonds. The highest BCUT2D eigenvalue weighted by Gasteiger charge is 2.25. The molecule has 1 fully saturated rings. The summed E-state index contributed by atoms with van der Waals surface area (Å²) in [6.07, 6.45) is 2.51. The Morgan fingerprint density at radius 2 is 2.19 bits per heavy atom. The second-order valence-electron chi connectivity index (χ2n) is 4.46. The van der Waals surface area contributed by atoms with Gasteiger partial charge >= 0.3 is 0 Å². The van der Waals surface area contributed by atoms with Crippen LogP contribution >= 0.6 is 11.8 Å². The maximum Gasteiger partial charge on any atom is 0.256 e. The van der Waals surface area contributed by atoms with Crippen LogP contribution in [-0.4, -0.2) is 10.7 Å². The Kier molecular flexibility index (Phi) is 2.64. The van der Waals surface area contributed by atoms with E-state index < -0.39 is 0 Å². The predicted octanol–water partition coefficient (Wildman–Crippen LogP) is 3.78. The predicted molar refractivity (Wildman–Crippen MR) is 66.3 cm³/mol. The first-order valence-corrected chi connectivity index (χ1v) is 6.61. The molecular formula is C13H14NOS. The molecule has 1 aliphatic carbocycles. The van der Waals surface area contributed by atoms with E-state index >= 15 is 0 Å². The van der Waals surface area contributed by atoms with Gasteiger partial charge in [0.15, 0.2) is 5.58 Å². The van der Waals surface area contributed by atoms with E-state index in [9.17, 15) is 0 Å². The Hall–Kier alpha value is -0.960. The van der Waals surface area contributed by atoms with Crippen LogP contribution in [0.1, 0.15) is 12.8 Å². The van der Waals surface area contributed by atoms with Crippen LogP contribution in [0.25, 0.3) is 11.1 Å². The fraction of sp³-hybridized carbons (Fsp3) is 0.385. The number of para-hydroxylation sites is 2. The molecule has 0 spiro atoms. The molecule has 1 heterocycles. The van der Waals surface area contributed by atoms with Gasteiger partial charge in [0.25, 0.3) is 5.22 Å². The molecule has 0 atom stereocenters. The highest BCUT2D eigenvalue weighted by Crippen LogP contribution is 2.37. The fourth-order valence-corrected chi connectivity index (χ4v) is 3.07.